The third kappa shape index (κ3) is 2.75. The zero-order valence-corrected chi connectivity index (χ0v) is 8.91. The Hall–Kier alpha value is -2.48. The lowest BCUT2D eigenvalue weighted by molar-refractivity contribution is -0.417. The van der Waals surface area contributed by atoms with E-state index in [1.54, 1.807) is 5.94 Å². The third-order valence-electron chi connectivity index (χ3n) is 2.12. The van der Waals surface area contributed by atoms with Gasteiger partial charge in [0.1, 0.15) is 12.0 Å². The summed E-state index contributed by atoms with van der Waals surface area (Å²) in [6.07, 6.45) is 4.92. The molecular weight excluding hydrogens is 224 g/mol. The predicted octanol–water partition coefficient (Wildman–Crippen LogP) is 0.940. The van der Waals surface area contributed by atoms with Crippen molar-refractivity contribution in [3.63, 3.8) is 0 Å². The molecule has 1 rings (SSSR count). The van der Waals surface area contributed by atoms with E-state index in [1.807, 2.05) is 0 Å². The van der Waals surface area contributed by atoms with Crippen LogP contribution in [0, 0.1) is 21.4 Å². The number of hydrogen-bond acceptors (Lipinski definition) is 5. The minimum absolute atomic E-state index is 0.224. The van der Waals surface area contributed by atoms with Gasteiger partial charge in [0, 0.05) is 13.2 Å². The Kier molecular flexibility index (Phi) is 4.12. The van der Waals surface area contributed by atoms with Crippen molar-refractivity contribution in [3.05, 3.63) is 51.3 Å². The monoisotopic (exact) mass is 232 g/mol. The highest BCUT2D eigenvalue weighted by atomic mass is 16.6. The molecule has 0 aromatic rings. The first-order valence-corrected chi connectivity index (χ1v) is 4.56. The van der Waals surface area contributed by atoms with Crippen LogP contribution in [0.25, 0.3) is 0 Å². The van der Waals surface area contributed by atoms with E-state index in [4.69, 9.17) is 10.00 Å². The van der Waals surface area contributed by atoms with E-state index in [2.05, 4.69) is 0 Å². The van der Waals surface area contributed by atoms with E-state index < -0.39 is 16.7 Å². The number of rotatable bonds is 3. The minimum Gasteiger partial charge on any atom is -0.371 e. The molecular formula is C11H8N2O4. The Morgan fingerprint density at radius 1 is 1.71 bits per heavy atom. The van der Waals surface area contributed by atoms with Gasteiger partial charge in [0.05, 0.1) is 10.5 Å². The van der Waals surface area contributed by atoms with E-state index >= 15 is 0 Å². The summed E-state index contributed by atoms with van der Waals surface area (Å²) in [7, 11) is 1.36. The summed E-state index contributed by atoms with van der Waals surface area (Å²) in [6, 6.07) is 1.46. The first kappa shape index (κ1) is 12.6. The Morgan fingerprint density at radius 3 is 2.88 bits per heavy atom. The van der Waals surface area contributed by atoms with E-state index in [1.165, 1.54) is 31.4 Å². The van der Waals surface area contributed by atoms with Gasteiger partial charge in [-0.1, -0.05) is 12.2 Å². The van der Waals surface area contributed by atoms with Crippen LogP contribution in [0.2, 0.25) is 0 Å². The van der Waals surface area contributed by atoms with Gasteiger partial charge in [-0.3, -0.25) is 10.1 Å². The SMILES string of the molecule is COC1C(=C=O)C=CC=C1C=C(C#N)[N+](=O)[O-]. The van der Waals surface area contributed by atoms with Gasteiger partial charge in [-0.25, -0.2) is 4.79 Å². The summed E-state index contributed by atoms with van der Waals surface area (Å²) in [5.41, 5.74) is -0.0256. The molecule has 0 saturated heterocycles. The number of nitro groups is 1. The highest BCUT2D eigenvalue weighted by molar-refractivity contribution is 5.64. The van der Waals surface area contributed by atoms with Gasteiger partial charge in [0.25, 0.3) is 0 Å². The summed E-state index contributed by atoms with van der Waals surface area (Å²) >= 11 is 0. The van der Waals surface area contributed by atoms with Crippen LogP contribution in [0.3, 0.4) is 0 Å². The van der Waals surface area contributed by atoms with Crippen molar-refractivity contribution < 1.29 is 14.5 Å². The second kappa shape index (κ2) is 5.56. The fourth-order valence-corrected chi connectivity index (χ4v) is 1.38. The molecule has 0 bridgehead atoms. The minimum atomic E-state index is -0.795. The van der Waals surface area contributed by atoms with E-state index in [9.17, 15) is 14.9 Å². The zero-order valence-electron chi connectivity index (χ0n) is 8.91. The topological polar surface area (TPSA) is 93.2 Å². The van der Waals surface area contributed by atoms with Gasteiger partial charge in [-0.2, -0.15) is 5.26 Å². The summed E-state index contributed by atoms with van der Waals surface area (Å²) in [6.45, 7) is 0. The number of carbonyl (C=O) groups excluding carboxylic acids is 1. The molecule has 0 fully saturated rings. The van der Waals surface area contributed by atoms with Crippen molar-refractivity contribution in [1.82, 2.24) is 0 Å². The van der Waals surface area contributed by atoms with Crippen LogP contribution in [0.1, 0.15) is 0 Å². The second-order valence-corrected chi connectivity index (χ2v) is 3.10. The van der Waals surface area contributed by atoms with E-state index in [0.29, 0.717) is 5.57 Å². The molecule has 0 aromatic heterocycles. The Bertz CT molecular complexity index is 516. The Labute approximate surface area is 96.9 Å². The van der Waals surface area contributed by atoms with Crippen LogP contribution in [-0.2, 0) is 9.53 Å². The zero-order chi connectivity index (χ0) is 12.8. The molecule has 17 heavy (non-hydrogen) atoms. The number of ether oxygens (including phenoxy) is 1. The van der Waals surface area contributed by atoms with Crippen LogP contribution in [0.5, 0.6) is 0 Å². The fourth-order valence-electron chi connectivity index (χ4n) is 1.38. The molecule has 0 spiro atoms. The van der Waals surface area contributed by atoms with Crippen LogP contribution in [0.4, 0.5) is 0 Å². The lowest BCUT2D eigenvalue weighted by Crippen LogP contribution is -2.18. The van der Waals surface area contributed by atoms with E-state index in [-0.39, 0.29) is 5.57 Å². The molecule has 86 valence electrons. The Morgan fingerprint density at radius 2 is 2.41 bits per heavy atom. The quantitative estimate of drug-likeness (QED) is 0.312. The highest BCUT2D eigenvalue weighted by Crippen LogP contribution is 2.21. The maximum Gasteiger partial charge on any atom is 0.345 e. The molecule has 6 nitrogen and oxygen atoms in total. The molecule has 0 amide bonds. The summed E-state index contributed by atoms with van der Waals surface area (Å²) in [5, 5.41) is 19.1. The normalized spacial score (nSPS) is 19.3. The van der Waals surface area contributed by atoms with Crippen molar-refractivity contribution >= 4 is 5.94 Å². The molecule has 0 aliphatic heterocycles. The Balaban J connectivity index is 3.18. The number of nitriles is 1. The van der Waals surface area contributed by atoms with Crippen molar-refractivity contribution in [2.75, 3.05) is 7.11 Å². The first-order valence-electron chi connectivity index (χ1n) is 4.56. The third-order valence-corrected chi connectivity index (χ3v) is 2.12. The number of methoxy groups -OCH3 is 1. The standard InChI is InChI=1S/C11H8N2O4/c1-17-11-8(3-2-4-9(11)7-14)5-10(6-12)13(15)16/h2-5,11H,1H3. The van der Waals surface area contributed by atoms with Crippen molar-refractivity contribution in [2.45, 2.75) is 6.10 Å². The van der Waals surface area contributed by atoms with Gasteiger partial charge < -0.3 is 4.74 Å². The molecule has 1 unspecified atom stereocenters. The van der Waals surface area contributed by atoms with Gasteiger partial charge in [-0.15, -0.1) is 0 Å². The summed E-state index contributed by atoms with van der Waals surface area (Å²) < 4.78 is 5.04. The largest absolute Gasteiger partial charge is 0.371 e. The molecule has 1 aliphatic rings. The molecule has 0 N–H and O–H groups in total. The lowest BCUT2D eigenvalue weighted by atomic mass is 9.96. The molecule has 0 radical (unpaired) electrons. The van der Waals surface area contributed by atoms with Gasteiger partial charge in [-0.05, 0) is 11.6 Å². The maximum absolute atomic E-state index is 10.6. The maximum atomic E-state index is 10.6. The molecule has 0 heterocycles. The molecule has 1 aliphatic carbocycles. The number of hydrogen-bond donors (Lipinski definition) is 0. The van der Waals surface area contributed by atoms with Crippen LogP contribution in [-0.4, -0.2) is 24.1 Å². The fraction of sp³-hybridized carbons (Fsp3) is 0.182. The van der Waals surface area contributed by atoms with Crippen molar-refractivity contribution in [2.24, 2.45) is 0 Å². The predicted molar refractivity (Wildman–Crippen MR) is 57.9 cm³/mol. The molecule has 1 atom stereocenters. The number of nitrogens with zero attached hydrogens (tertiary/aromatic N) is 2. The first-order chi connectivity index (χ1) is 8.13. The summed E-state index contributed by atoms with van der Waals surface area (Å²) in [5.74, 6) is 1.69. The van der Waals surface area contributed by atoms with Crippen LogP contribution >= 0.6 is 0 Å². The van der Waals surface area contributed by atoms with E-state index in [0.717, 1.165) is 6.08 Å². The van der Waals surface area contributed by atoms with Gasteiger partial charge in [0.2, 0.25) is 0 Å². The molecule has 0 saturated carbocycles. The second-order valence-electron chi connectivity index (χ2n) is 3.10. The van der Waals surface area contributed by atoms with Crippen molar-refractivity contribution in [3.8, 4) is 6.07 Å². The highest BCUT2D eigenvalue weighted by Gasteiger charge is 2.22. The van der Waals surface area contributed by atoms with Crippen LogP contribution in [0.15, 0.2) is 41.1 Å². The van der Waals surface area contributed by atoms with Crippen LogP contribution < -0.4 is 0 Å². The average Bonchev–Trinajstić information content (AvgIpc) is 2.34. The number of allylic oxidation sites excluding steroid dienone is 3. The smallest absolute Gasteiger partial charge is 0.345 e. The molecule has 6 heteroatoms. The summed E-state index contributed by atoms with van der Waals surface area (Å²) in [4.78, 5) is 20.3. The average molecular weight is 232 g/mol. The van der Waals surface area contributed by atoms with Gasteiger partial charge >= 0.3 is 5.70 Å². The molecule has 0 aromatic carbocycles. The van der Waals surface area contributed by atoms with Gasteiger partial charge in [0.15, 0.2) is 6.07 Å². The lowest BCUT2D eigenvalue weighted by Gasteiger charge is -2.17. The van der Waals surface area contributed by atoms with Crippen molar-refractivity contribution in [1.29, 1.82) is 5.26 Å².